The third kappa shape index (κ3) is 39.9. The molecule has 0 aromatic heterocycles. The van der Waals surface area contributed by atoms with E-state index in [9.17, 15) is 26.4 Å². The van der Waals surface area contributed by atoms with Gasteiger partial charge in [0.25, 0.3) is 20.2 Å². The van der Waals surface area contributed by atoms with Gasteiger partial charge in [-0.15, -0.1) is 0 Å². The Morgan fingerprint density at radius 1 is 0.528 bits per heavy atom. The molecule has 0 fully saturated rings. The number of carbonyl (C=O) groups is 2. The van der Waals surface area contributed by atoms with Crippen molar-refractivity contribution in [3.8, 4) is 0 Å². The van der Waals surface area contributed by atoms with Gasteiger partial charge >= 0.3 is 11.9 Å². The molecule has 0 spiro atoms. The first-order valence-corrected chi connectivity index (χ1v) is 15.6. The number of carboxylic acids is 1. The second-order valence-corrected chi connectivity index (χ2v) is 11.7. The molecule has 0 aromatic carbocycles. The van der Waals surface area contributed by atoms with E-state index in [2.05, 4.69) is 4.89 Å². The second kappa shape index (κ2) is 25.4. The fraction of sp³-hybridized carbons (Fsp3) is 0.913. The first kappa shape index (κ1) is 39.2. The SMILES string of the molecule is C.O=C(CCCCCCCCCCS(=O)(=O)O)OO.O=C(O)CCCCCCCCCCS(=O)(=O)O. The highest BCUT2D eigenvalue weighted by molar-refractivity contribution is 7.86. The van der Waals surface area contributed by atoms with Crippen molar-refractivity contribution in [2.24, 2.45) is 0 Å². The van der Waals surface area contributed by atoms with E-state index in [1.54, 1.807) is 0 Å². The molecule has 13 heteroatoms. The number of hydrogen-bond donors (Lipinski definition) is 4. The van der Waals surface area contributed by atoms with Crippen LogP contribution in [0.2, 0.25) is 0 Å². The largest absolute Gasteiger partial charge is 0.481 e. The Labute approximate surface area is 217 Å². The van der Waals surface area contributed by atoms with Gasteiger partial charge in [0.2, 0.25) is 0 Å². The standard InChI is InChI=1S/C11H22O6S.C11H22O5S.CH4/c12-11(17-13)9-7-5-3-1-2-4-6-8-10-18(14,15)16;12-11(13)9-7-5-3-1-2-4-6-8-10-17(14,15)16;/h13H,1-10H2,(H,14,15,16);1-10H2,(H,12,13)(H,14,15,16);1H4. The topological polar surface area (TPSA) is 193 Å². The summed E-state index contributed by atoms with van der Waals surface area (Å²) < 4.78 is 58.6. The van der Waals surface area contributed by atoms with Gasteiger partial charge in [-0.3, -0.25) is 13.9 Å². The zero-order chi connectivity index (χ0) is 27.0. The zero-order valence-electron chi connectivity index (χ0n) is 20.6. The monoisotopic (exact) mass is 564 g/mol. The van der Waals surface area contributed by atoms with Crippen LogP contribution in [0.25, 0.3) is 0 Å². The summed E-state index contributed by atoms with van der Waals surface area (Å²) in [5.41, 5.74) is 0. The van der Waals surface area contributed by atoms with E-state index in [0.29, 0.717) is 19.3 Å². The van der Waals surface area contributed by atoms with Crippen LogP contribution in [-0.2, 0) is 34.7 Å². The molecular weight excluding hydrogens is 516 g/mol. The summed E-state index contributed by atoms with van der Waals surface area (Å²) in [6.45, 7) is 0. The molecule has 0 atom stereocenters. The molecule has 0 aliphatic heterocycles. The molecule has 0 saturated heterocycles. The van der Waals surface area contributed by atoms with Crippen LogP contribution in [0.4, 0.5) is 0 Å². The van der Waals surface area contributed by atoms with Gasteiger partial charge in [-0.1, -0.05) is 84.5 Å². The Bertz CT molecular complexity index is 735. The third-order valence-corrected chi connectivity index (χ3v) is 6.79. The molecule has 11 nitrogen and oxygen atoms in total. The van der Waals surface area contributed by atoms with Crippen molar-refractivity contribution in [1.29, 1.82) is 0 Å². The minimum absolute atomic E-state index is 0. The van der Waals surface area contributed by atoms with Gasteiger partial charge in [-0.2, -0.15) is 22.1 Å². The smallest absolute Gasteiger partial charge is 0.342 e. The number of rotatable bonds is 22. The maximum Gasteiger partial charge on any atom is 0.342 e. The van der Waals surface area contributed by atoms with Gasteiger partial charge in [0.15, 0.2) is 0 Å². The molecule has 0 saturated carbocycles. The van der Waals surface area contributed by atoms with Crippen LogP contribution < -0.4 is 0 Å². The van der Waals surface area contributed by atoms with E-state index in [-0.39, 0.29) is 31.8 Å². The molecule has 218 valence electrons. The van der Waals surface area contributed by atoms with Crippen LogP contribution in [-0.4, -0.2) is 59.7 Å². The molecule has 0 aromatic rings. The highest BCUT2D eigenvalue weighted by Gasteiger charge is 2.04. The zero-order valence-corrected chi connectivity index (χ0v) is 22.2. The highest BCUT2D eigenvalue weighted by atomic mass is 32.2. The van der Waals surface area contributed by atoms with Gasteiger partial charge in [0, 0.05) is 12.8 Å². The predicted molar refractivity (Wildman–Crippen MR) is 139 cm³/mol. The quantitative estimate of drug-likeness (QED) is 0.0560. The Kier molecular flexibility index (Phi) is 27.7. The first-order chi connectivity index (χ1) is 16.4. The molecular formula is C23H48O11S2. The maximum absolute atomic E-state index is 10.6. The molecule has 0 bridgehead atoms. The van der Waals surface area contributed by atoms with Crippen LogP contribution in [0.15, 0.2) is 0 Å². The van der Waals surface area contributed by atoms with Crippen LogP contribution in [0.3, 0.4) is 0 Å². The Balaban J connectivity index is -0.000000590. The molecule has 0 heterocycles. The van der Waals surface area contributed by atoms with Gasteiger partial charge in [0.1, 0.15) is 0 Å². The van der Waals surface area contributed by atoms with Crippen LogP contribution in [0, 0.1) is 0 Å². The summed E-state index contributed by atoms with van der Waals surface area (Å²) >= 11 is 0. The van der Waals surface area contributed by atoms with Crippen molar-refractivity contribution >= 4 is 32.2 Å². The molecule has 0 aliphatic rings. The number of aliphatic carboxylic acids is 1. The van der Waals surface area contributed by atoms with Crippen molar-refractivity contribution in [3.63, 3.8) is 0 Å². The van der Waals surface area contributed by atoms with Gasteiger partial charge in [-0.05, 0) is 25.7 Å². The number of carbonyl (C=O) groups excluding carboxylic acids is 1. The van der Waals surface area contributed by atoms with Crippen molar-refractivity contribution in [3.05, 3.63) is 0 Å². The van der Waals surface area contributed by atoms with Gasteiger partial charge in [0.05, 0.1) is 11.5 Å². The summed E-state index contributed by atoms with van der Waals surface area (Å²) in [5.74, 6) is -1.64. The summed E-state index contributed by atoms with van der Waals surface area (Å²) in [4.78, 5) is 24.3. The number of unbranched alkanes of at least 4 members (excludes halogenated alkanes) is 14. The lowest BCUT2D eigenvalue weighted by atomic mass is 10.1. The molecule has 0 amide bonds. The maximum atomic E-state index is 10.6. The van der Waals surface area contributed by atoms with Crippen LogP contribution in [0.5, 0.6) is 0 Å². The van der Waals surface area contributed by atoms with E-state index >= 15 is 0 Å². The number of hydrogen-bond acceptors (Lipinski definition) is 8. The summed E-state index contributed by atoms with van der Waals surface area (Å²) in [6.07, 6.45) is 14.5. The van der Waals surface area contributed by atoms with E-state index in [1.165, 1.54) is 0 Å². The average Bonchev–Trinajstić information content (AvgIpc) is 2.74. The fourth-order valence-corrected chi connectivity index (χ4v) is 4.42. The summed E-state index contributed by atoms with van der Waals surface area (Å²) in [6, 6.07) is 0. The van der Waals surface area contributed by atoms with Crippen molar-refractivity contribution < 1.29 is 50.8 Å². The van der Waals surface area contributed by atoms with Gasteiger partial charge in [-0.25, -0.2) is 4.79 Å². The lowest BCUT2D eigenvalue weighted by Crippen LogP contribution is -2.03. The lowest BCUT2D eigenvalue weighted by Gasteiger charge is -2.01. The van der Waals surface area contributed by atoms with Crippen LogP contribution >= 0.6 is 0 Å². The fourth-order valence-electron chi connectivity index (χ4n) is 3.28. The molecule has 0 radical (unpaired) electrons. The van der Waals surface area contributed by atoms with Crippen LogP contribution in [0.1, 0.15) is 123 Å². The normalized spacial score (nSPS) is 11.2. The van der Waals surface area contributed by atoms with Crippen molar-refractivity contribution in [2.45, 2.75) is 123 Å². The average molecular weight is 565 g/mol. The molecule has 0 aliphatic carbocycles. The molecule has 4 N–H and O–H groups in total. The summed E-state index contributed by atoms with van der Waals surface area (Å²) in [5, 5.41) is 16.4. The lowest BCUT2D eigenvalue weighted by molar-refractivity contribution is -0.234. The van der Waals surface area contributed by atoms with Crippen molar-refractivity contribution in [1.82, 2.24) is 0 Å². The highest BCUT2D eigenvalue weighted by Crippen LogP contribution is 2.11. The summed E-state index contributed by atoms with van der Waals surface area (Å²) in [7, 11) is -7.60. The molecule has 0 unspecified atom stereocenters. The minimum Gasteiger partial charge on any atom is -0.481 e. The number of carboxylic acid groups (broad SMARTS) is 1. The predicted octanol–water partition coefficient (Wildman–Crippen LogP) is 5.51. The molecule has 36 heavy (non-hydrogen) atoms. The first-order valence-electron chi connectivity index (χ1n) is 12.3. The second-order valence-electron chi connectivity index (χ2n) is 8.59. The van der Waals surface area contributed by atoms with E-state index in [1.807, 2.05) is 0 Å². The Morgan fingerprint density at radius 2 is 0.806 bits per heavy atom. The van der Waals surface area contributed by atoms with E-state index in [0.717, 1.165) is 83.5 Å². The Morgan fingerprint density at radius 3 is 1.08 bits per heavy atom. The minimum atomic E-state index is -3.80. The van der Waals surface area contributed by atoms with E-state index < -0.39 is 32.2 Å². The Hall–Kier alpha value is -1.28. The van der Waals surface area contributed by atoms with Gasteiger partial charge < -0.3 is 9.99 Å². The third-order valence-electron chi connectivity index (χ3n) is 5.18. The van der Waals surface area contributed by atoms with Crippen molar-refractivity contribution in [2.75, 3.05) is 11.5 Å². The molecule has 0 rings (SSSR count). The van der Waals surface area contributed by atoms with E-state index in [4.69, 9.17) is 19.5 Å².